The quantitative estimate of drug-likeness (QED) is 0.191. The molecule has 2 N–H and O–H groups in total. The highest BCUT2D eigenvalue weighted by molar-refractivity contribution is 9.10. The molecule has 4 aromatic carbocycles. The molecule has 1 amide bonds. The van der Waals surface area contributed by atoms with Gasteiger partial charge in [-0.05, 0) is 58.3 Å². The minimum atomic E-state index is -1.12. The van der Waals surface area contributed by atoms with Crippen LogP contribution in [0.4, 0.5) is 5.69 Å². The number of carbonyl (C=O) groups is 2. The number of aromatic carboxylic acids is 1. The predicted molar refractivity (Wildman–Crippen MR) is 145 cm³/mol. The summed E-state index contributed by atoms with van der Waals surface area (Å²) in [6.45, 7) is 0.320. The molecule has 0 aliphatic rings. The number of halogens is 1. The average Bonchev–Trinajstić information content (AvgIpc) is 2.91. The largest absolute Gasteiger partial charge is 0.493 e. The summed E-state index contributed by atoms with van der Waals surface area (Å²) in [5, 5.41) is 23.5. The number of nitrogens with zero attached hydrogens (tertiary/aromatic N) is 1. The lowest BCUT2D eigenvalue weighted by atomic mass is 10.1. The first-order valence-electron chi connectivity index (χ1n) is 11.1. The van der Waals surface area contributed by atoms with Gasteiger partial charge in [-0.1, -0.05) is 64.5 Å². The second kappa shape index (κ2) is 11.4. The number of fused-ring (bicyclic) bond motifs is 1. The Morgan fingerprint density at radius 3 is 2.54 bits per heavy atom. The third kappa shape index (κ3) is 5.97. The molecule has 0 unspecified atom stereocenters. The maximum absolute atomic E-state index is 12.7. The molecule has 7 nitrogen and oxygen atoms in total. The van der Waals surface area contributed by atoms with Crippen molar-refractivity contribution in [1.82, 2.24) is 0 Å². The van der Waals surface area contributed by atoms with Crippen LogP contribution in [0.25, 0.3) is 16.8 Å². The average molecular weight is 557 g/mol. The number of amides is 1. The molecule has 0 saturated heterocycles. The minimum Gasteiger partial charge on any atom is -0.493 e. The molecule has 0 aliphatic carbocycles. The number of carboxylic acid groups (broad SMARTS) is 1. The monoisotopic (exact) mass is 556 g/mol. The van der Waals surface area contributed by atoms with Crippen LogP contribution in [0.1, 0.15) is 21.5 Å². The lowest BCUT2D eigenvalue weighted by molar-refractivity contribution is -0.112. The van der Waals surface area contributed by atoms with Crippen LogP contribution >= 0.6 is 15.9 Å². The maximum Gasteiger partial charge on any atom is 0.335 e. The summed E-state index contributed by atoms with van der Waals surface area (Å²) < 4.78 is 12.2. The van der Waals surface area contributed by atoms with Gasteiger partial charge in [0, 0.05) is 10.2 Å². The van der Waals surface area contributed by atoms with E-state index in [2.05, 4.69) is 21.2 Å². The molecule has 4 rings (SSSR count). The Labute approximate surface area is 221 Å². The number of ether oxygens (including phenoxy) is 2. The Bertz CT molecular complexity index is 1570. The summed E-state index contributed by atoms with van der Waals surface area (Å²) in [4.78, 5) is 23.9. The summed E-state index contributed by atoms with van der Waals surface area (Å²) in [5.74, 6) is -0.868. The molecule has 0 saturated carbocycles. The van der Waals surface area contributed by atoms with Crippen molar-refractivity contribution in [3.05, 3.63) is 106 Å². The second-order valence-corrected chi connectivity index (χ2v) is 8.82. The van der Waals surface area contributed by atoms with Crippen LogP contribution in [0.5, 0.6) is 11.5 Å². The van der Waals surface area contributed by atoms with Crippen LogP contribution in [0.3, 0.4) is 0 Å². The molecule has 4 aromatic rings. The van der Waals surface area contributed by atoms with Gasteiger partial charge in [0.05, 0.1) is 12.7 Å². The second-order valence-electron chi connectivity index (χ2n) is 7.96. The fourth-order valence-corrected chi connectivity index (χ4v) is 4.18. The topological polar surface area (TPSA) is 109 Å². The van der Waals surface area contributed by atoms with Gasteiger partial charge in [-0.2, -0.15) is 5.26 Å². The van der Waals surface area contributed by atoms with Crippen LogP contribution in [-0.2, 0) is 11.4 Å². The van der Waals surface area contributed by atoms with Crippen LogP contribution in [0.15, 0.2) is 88.9 Å². The standard InChI is InChI=1S/C29H21BrN2O5/c1-36-26-14-21(12-22(16-31)28(33)32-23-10-5-8-19(13-23)29(34)35)25(30)15-27(26)37-17-20-9-4-7-18-6-2-3-11-24(18)20/h2-15H,17H2,1H3,(H,32,33)(H,34,35)/b22-12-. The van der Waals surface area contributed by atoms with Gasteiger partial charge in [-0.25, -0.2) is 4.79 Å². The van der Waals surface area contributed by atoms with Gasteiger partial charge < -0.3 is 19.9 Å². The molecular formula is C29H21BrN2O5. The van der Waals surface area contributed by atoms with E-state index in [1.807, 2.05) is 48.5 Å². The van der Waals surface area contributed by atoms with Crippen molar-refractivity contribution in [2.75, 3.05) is 12.4 Å². The number of carbonyl (C=O) groups excluding carboxylic acids is 1. The van der Waals surface area contributed by atoms with Crippen molar-refractivity contribution in [2.45, 2.75) is 6.61 Å². The molecule has 0 atom stereocenters. The fraction of sp³-hybridized carbons (Fsp3) is 0.0690. The Balaban J connectivity index is 1.56. The lowest BCUT2D eigenvalue weighted by Crippen LogP contribution is -2.14. The molecule has 0 fully saturated rings. The summed E-state index contributed by atoms with van der Waals surface area (Å²) in [6, 6.07) is 25.1. The van der Waals surface area contributed by atoms with Crippen LogP contribution in [0.2, 0.25) is 0 Å². The molecule has 8 heteroatoms. The number of anilines is 1. The number of hydrogen-bond acceptors (Lipinski definition) is 5. The van der Waals surface area contributed by atoms with E-state index in [1.54, 1.807) is 18.2 Å². The van der Waals surface area contributed by atoms with E-state index < -0.39 is 11.9 Å². The van der Waals surface area contributed by atoms with Gasteiger partial charge in [-0.15, -0.1) is 0 Å². The third-order valence-electron chi connectivity index (χ3n) is 5.58. The lowest BCUT2D eigenvalue weighted by Gasteiger charge is -2.14. The van der Waals surface area contributed by atoms with Crippen molar-refractivity contribution >= 4 is 50.3 Å². The molecule has 0 radical (unpaired) electrons. The van der Waals surface area contributed by atoms with E-state index in [-0.39, 0.29) is 16.8 Å². The van der Waals surface area contributed by atoms with Crippen LogP contribution < -0.4 is 14.8 Å². The Hall–Kier alpha value is -4.61. The van der Waals surface area contributed by atoms with Gasteiger partial charge in [0.15, 0.2) is 11.5 Å². The Morgan fingerprint density at radius 2 is 1.78 bits per heavy atom. The first-order valence-corrected chi connectivity index (χ1v) is 11.9. The molecular weight excluding hydrogens is 536 g/mol. The van der Waals surface area contributed by atoms with Gasteiger partial charge in [0.2, 0.25) is 0 Å². The number of hydrogen-bond donors (Lipinski definition) is 2. The van der Waals surface area contributed by atoms with E-state index in [4.69, 9.17) is 14.6 Å². The van der Waals surface area contributed by atoms with E-state index in [0.717, 1.165) is 16.3 Å². The number of nitrogens with one attached hydrogen (secondary N) is 1. The number of nitriles is 1. The highest BCUT2D eigenvalue weighted by atomic mass is 79.9. The zero-order valence-electron chi connectivity index (χ0n) is 19.7. The van der Waals surface area contributed by atoms with Gasteiger partial charge >= 0.3 is 5.97 Å². The first-order chi connectivity index (χ1) is 17.9. The number of rotatable bonds is 8. The number of carboxylic acids is 1. The first kappa shape index (κ1) is 25.5. The van der Waals surface area contributed by atoms with Crippen molar-refractivity contribution in [1.29, 1.82) is 5.26 Å². The molecule has 0 aliphatic heterocycles. The molecule has 0 aromatic heterocycles. The highest BCUT2D eigenvalue weighted by Gasteiger charge is 2.15. The SMILES string of the molecule is COc1cc(/C=C(/C#N)C(=O)Nc2cccc(C(=O)O)c2)c(Br)cc1OCc1cccc2ccccc12. The maximum atomic E-state index is 12.7. The van der Waals surface area contributed by atoms with Gasteiger partial charge in [0.1, 0.15) is 18.2 Å². The zero-order valence-corrected chi connectivity index (χ0v) is 21.3. The van der Waals surface area contributed by atoms with Crippen molar-refractivity contribution in [3.63, 3.8) is 0 Å². The van der Waals surface area contributed by atoms with Crippen molar-refractivity contribution in [2.24, 2.45) is 0 Å². The zero-order chi connectivity index (χ0) is 26.4. The normalized spacial score (nSPS) is 11.0. The van der Waals surface area contributed by atoms with E-state index in [0.29, 0.717) is 28.1 Å². The van der Waals surface area contributed by atoms with Crippen LogP contribution in [-0.4, -0.2) is 24.1 Å². The van der Waals surface area contributed by atoms with Gasteiger partial charge in [-0.3, -0.25) is 4.79 Å². The molecule has 0 heterocycles. The highest BCUT2D eigenvalue weighted by Crippen LogP contribution is 2.35. The van der Waals surface area contributed by atoms with Gasteiger partial charge in [0.25, 0.3) is 5.91 Å². The van der Waals surface area contributed by atoms with Crippen molar-refractivity contribution < 1.29 is 24.2 Å². The fourth-order valence-electron chi connectivity index (χ4n) is 3.74. The minimum absolute atomic E-state index is 0.0202. The smallest absolute Gasteiger partial charge is 0.335 e. The molecule has 37 heavy (non-hydrogen) atoms. The van der Waals surface area contributed by atoms with Crippen molar-refractivity contribution in [3.8, 4) is 17.6 Å². The van der Waals surface area contributed by atoms with E-state index in [9.17, 15) is 14.9 Å². The van der Waals surface area contributed by atoms with Crippen LogP contribution in [0, 0.1) is 11.3 Å². The van der Waals surface area contributed by atoms with E-state index in [1.165, 1.54) is 31.4 Å². The number of methoxy groups -OCH3 is 1. The van der Waals surface area contributed by atoms with E-state index >= 15 is 0 Å². The summed E-state index contributed by atoms with van der Waals surface area (Å²) in [6.07, 6.45) is 1.41. The Kier molecular flexibility index (Phi) is 7.86. The molecule has 0 bridgehead atoms. The predicted octanol–water partition coefficient (Wildman–Crippen LogP) is 6.43. The number of benzene rings is 4. The molecule has 184 valence electrons. The Morgan fingerprint density at radius 1 is 1.03 bits per heavy atom. The summed E-state index contributed by atoms with van der Waals surface area (Å²) in [5.41, 5.74) is 1.66. The molecule has 0 spiro atoms. The third-order valence-corrected chi connectivity index (χ3v) is 6.27. The summed E-state index contributed by atoms with van der Waals surface area (Å²) in [7, 11) is 1.51. The summed E-state index contributed by atoms with van der Waals surface area (Å²) >= 11 is 3.49.